The summed E-state index contributed by atoms with van der Waals surface area (Å²) in [6.45, 7) is 7.93. The third-order valence-electron chi connectivity index (χ3n) is 3.45. The largest absolute Gasteiger partial charge is 0.493 e. The third-order valence-corrected chi connectivity index (χ3v) is 3.45. The summed E-state index contributed by atoms with van der Waals surface area (Å²) in [5.74, 6) is 0.692. The molecule has 0 bridgehead atoms. The van der Waals surface area contributed by atoms with Gasteiger partial charge >= 0.3 is 0 Å². The number of nitro groups is 1. The maximum absolute atomic E-state index is 10.8. The van der Waals surface area contributed by atoms with Crippen molar-refractivity contribution in [3.63, 3.8) is 0 Å². The summed E-state index contributed by atoms with van der Waals surface area (Å²) in [5, 5.41) is 19.8. The van der Waals surface area contributed by atoms with E-state index in [4.69, 9.17) is 10.00 Å². The van der Waals surface area contributed by atoms with E-state index in [2.05, 4.69) is 6.07 Å². The summed E-state index contributed by atoms with van der Waals surface area (Å²) < 4.78 is 5.70. The minimum atomic E-state index is -0.379. The number of nitro benzene ring substituents is 1. The first-order chi connectivity index (χ1) is 9.76. The van der Waals surface area contributed by atoms with E-state index in [0.717, 1.165) is 24.8 Å². The molecule has 0 amide bonds. The van der Waals surface area contributed by atoms with Crippen LogP contribution < -0.4 is 4.74 Å². The fourth-order valence-electron chi connectivity index (χ4n) is 2.03. The number of unbranched alkanes of at least 4 members (excludes halogenated alkanes) is 1. The third kappa shape index (κ3) is 5.07. The van der Waals surface area contributed by atoms with Crippen LogP contribution in [-0.4, -0.2) is 11.5 Å². The smallest absolute Gasteiger partial charge is 0.272 e. The summed E-state index contributed by atoms with van der Waals surface area (Å²) in [6.07, 6.45) is 2.62. The molecule has 5 heteroatoms. The van der Waals surface area contributed by atoms with Gasteiger partial charge in [0.15, 0.2) is 0 Å². The highest BCUT2D eigenvalue weighted by Gasteiger charge is 2.16. The summed E-state index contributed by atoms with van der Waals surface area (Å²) in [6, 6.07) is 5.54. The van der Waals surface area contributed by atoms with E-state index in [-0.39, 0.29) is 16.0 Å². The molecule has 0 unspecified atom stereocenters. The maximum Gasteiger partial charge on any atom is 0.272 e. The van der Waals surface area contributed by atoms with E-state index >= 15 is 0 Å². The van der Waals surface area contributed by atoms with E-state index in [1.807, 2.05) is 13.8 Å². The van der Waals surface area contributed by atoms with Crippen molar-refractivity contribution < 1.29 is 9.66 Å². The van der Waals surface area contributed by atoms with Crippen molar-refractivity contribution in [1.82, 2.24) is 0 Å². The quantitative estimate of drug-likeness (QED) is 0.426. The lowest BCUT2D eigenvalue weighted by molar-refractivity contribution is -0.385. The first-order valence-electron chi connectivity index (χ1n) is 7.06. The van der Waals surface area contributed by atoms with E-state index in [0.29, 0.717) is 17.9 Å². The molecular formula is C16H22N2O3. The van der Waals surface area contributed by atoms with Crippen LogP contribution in [0.3, 0.4) is 0 Å². The predicted molar refractivity (Wildman–Crippen MR) is 81.3 cm³/mol. The molecule has 0 aliphatic heterocycles. The molecular weight excluding hydrogens is 268 g/mol. The summed E-state index contributed by atoms with van der Waals surface area (Å²) >= 11 is 0. The van der Waals surface area contributed by atoms with Crippen LogP contribution >= 0.6 is 0 Å². The molecule has 0 aliphatic rings. The molecule has 0 saturated heterocycles. The molecule has 0 aliphatic carbocycles. The lowest BCUT2D eigenvalue weighted by Gasteiger charge is -2.15. The number of rotatable bonds is 7. The van der Waals surface area contributed by atoms with E-state index in [1.165, 1.54) is 0 Å². The van der Waals surface area contributed by atoms with Gasteiger partial charge in [0.1, 0.15) is 5.75 Å². The Balaban J connectivity index is 2.52. The molecule has 0 spiro atoms. The Labute approximate surface area is 125 Å². The summed E-state index contributed by atoms with van der Waals surface area (Å²) in [4.78, 5) is 10.5. The molecule has 0 fully saturated rings. The lowest BCUT2D eigenvalue weighted by Crippen LogP contribution is -2.08. The predicted octanol–water partition coefficient (Wildman–Crippen LogP) is 4.31. The second kappa shape index (κ2) is 7.07. The molecule has 0 heterocycles. The highest BCUT2D eigenvalue weighted by atomic mass is 16.6. The normalized spacial score (nSPS) is 11.0. The molecule has 0 N–H and O–H groups in total. The van der Waals surface area contributed by atoms with Crippen molar-refractivity contribution in [2.24, 2.45) is 5.41 Å². The monoisotopic (exact) mass is 290 g/mol. The molecule has 5 nitrogen and oxygen atoms in total. The van der Waals surface area contributed by atoms with Crippen molar-refractivity contribution in [1.29, 1.82) is 5.26 Å². The van der Waals surface area contributed by atoms with Crippen LogP contribution in [0.1, 0.15) is 44.2 Å². The van der Waals surface area contributed by atoms with Gasteiger partial charge in [-0.05, 0) is 58.6 Å². The molecule has 21 heavy (non-hydrogen) atoms. The molecule has 0 radical (unpaired) electrons. The van der Waals surface area contributed by atoms with Crippen molar-refractivity contribution in [2.75, 3.05) is 6.61 Å². The fourth-order valence-corrected chi connectivity index (χ4v) is 2.03. The number of hydrogen-bond donors (Lipinski definition) is 0. The zero-order valence-electron chi connectivity index (χ0n) is 13.1. The van der Waals surface area contributed by atoms with Crippen LogP contribution in [0, 0.1) is 40.7 Å². The van der Waals surface area contributed by atoms with Gasteiger partial charge < -0.3 is 4.74 Å². The average Bonchev–Trinajstić information content (AvgIpc) is 2.41. The molecule has 1 rings (SSSR count). The standard InChI is InChI=1S/C16H22N2O3/c1-12-10-15(13(2)9-14(12)18(19)20)21-8-6-5-7-16(3,4)11-17/h9-10H,5-8H2,1-4H3. The van der Waals surface area contributed by atoms with Crippen molar-refractivity contribution in [3.8, 4) is 11.8 Å². The van der Waals surface area contributed by atoms with E-state index in [1.54, 1.807) is 26.0 Å². The minimum Gasteiger partial charge on any atom is -0.493 e. The van der Waals surface area contributed by atoms with Crippen LogP contribution in [0.15, 0.2) is 12.1 Å². The van der Waals surface area contributed by atoms with Crippen LogP contribution in [0.2, 0.25) is 0 Å². The number of nitrogens with zero attached hydrogens (tertiary/aromatic N) is 2. The molecule has 1 aromatic carbocycles. The zero-order valence-corrected chi connectivity index (χ0v) is 13.1. The van der Waals surface area contributed by atoms with Crippen LogP contribution in [0.5, 0.6) is 5.75 Å². The van der Waals surface area contributed by atoms with E-state index < -0.39 is 0 Å². The molecule has 0 aromatic heterocycles. The van der Waals surface area contributed by atoms with Crippen molar-refractivity contribution in [2.45, 2.75) is 47.0 Å². The topological polar surface area (TPSA) is 76.2 Å². The number of aryl methyl sites for hydroxylation is 2. The number of hydrogen-bond acceptors (Lipinski definition) is 4. The Hall–Kier alpha value is -2.09. The number of benzene rings is 1. The molecule has 0 atom stereocenters. The minimum absolute atomic E-state index is 0.121. The Morgan fingerprint density at radius 1 is 1.29 bits per heavy atom. The Bertz CT molecular complexity index is 559. The first-order valence-corrected chi connectivity index (χ1v) is 7.06. The van der Waals surface area contributed by atoms with Gasteiger partial charge in [-0.2, -0.15) is 5.26 Å². The first kappa shape index (κ1) is 17.0. The van der Waals surface area contributed by atoms with Gasteiger partial charge in [0.05, 0.1) is 23.0 Å². The Kier molecular flexibility index (Phi) is 5.71. The van der Waals surface area contributed by atoms with Crippen molar-refractivity contribution >= 4 is 5.69 Å². The Morgan fingerprint density at radius 2 is 1.95 bits per heavy atom. The fraction of sp³-hybridized carbons (Fsp3) is 0.562. The maximum atomic E-state index is 10.8. The van der Waals surface area contributed by atoms with Crippen LogP contribution in [0.4, 0.5) is 5.69 Å². The summed E-state index contributed by atoms with van der Waals surface area (Å²) in [7, 11) is 0. The number of nitriles is 1. The Morgan fingerprint density at radius 3 is 2.52 bits per heavy atom. The van der Waals surface area contributed by atoms with Gasteiger partial charge in [-0.25, -0.2) is 0 Å². The van der Waals surface area contributed by atoms with Gasteiger partial charge in [0, 0.05) is 11.6 Å². The number of ether oxygens (including phenoxy) is 1. The van der Waals surface area contributed by atoms with Crippen LogP contribution in [0.25, 0.3) is 0 Å². The van der Waals surface area contributed by atoms with Gasteiger partial charge in [0.25, 0.3) is 5.69 Å². The highest BCUT2D eigenvalue weighted by molar-refractivity contribution is 5.49. The highest BCUT2D eigenvalue weighted by Crippen LogP contribution is 2.28. The van der Waals surface area contributed by atoms with Gasteiger partial charge in [0.2, 0.25) is 0 Å². The average molecular weight is 290 g/mol. The van der Waals surface area contributed by atoms with Crippen molar-refractivity contribution in [3.05, 3.63) is 33.4 Å². The zero-order chi connectivity index (χ0) is 16.0. The second-order valence-corrected chi connectivity index (χ2v) is 5.96. The van der Waals surface area contributed by atoms with Crippen LogP contribution in [-0.2, 0) is 0 Å². The summed E-state index contributed by atoms with van der Waals surface area (Å²) in [5.41, 5.74) is 1.20. The SMILES string of the molecule is Cc1cc([N+](=O)[O-])c(C)cc1OCCCCC(C)(C)C#N. The second-order valence-electron chi connectivity index (χ2n) is 5.96. The molecule has 114 valence electrons. The van der Waals surface area contributed by atoms with E-state index in [9.17, 15) is 10.1 Å². The van der Waals surface area contributed by atoms with Gasteiger partial charge in [-0.3, -0.25) is 10.1 Å². The molecule has 0 saturated carbocycles. The molecule has 1 aromatic rings. The van der Waals surface area contributed by atoms with Gasteiger partial charge in [-0.15, -0.1) is 0 Å². The lowest BCUT2D eigenvalue weighted by atomic mass is 9.89. The van der Waals surface area contributed by atoms with Gasteiger partial charge in [-0.1, -0.05) is 0 Å².